The lowest BCUT2D eigenvalue weighted by atomic mass is 10.1. The highest BCUT2D eigenvalue weighted by atomic mass is 19.4. The van der Waals surface area contributed by atoms with Crippen LogP contribution in [0.25, 0.3) is 11.1 Å². The minimum atomic E-state index is -4.49. The van der Waals surface area contributed by atoms with Gasteiger partial charge < -0.3 is 4.74 Å². The summed E-state index contributed by atoms with van der Waals surface area (Å²) in [5, 5.41) is 0. The fraction of sp³-hybridized carbons (Fsp3) is 0.200. The summed E-state index contributed by atoms with van der Waals surface area (Å²) in [6, 6.07) is 9.42. The average molecular weight is 295 g/mol. The van der Waals surface area contributed by atoms with Gasteiger partial charge in [0.1, 0.15) is 6.61 Å². The number of rotatable bonds is 4. The van der Waals surface area contributed by atoms with Crippen LogP contribution in [0.2, 0.25) is 0 Å². The molecule has 0 atom stereocenters. The molecule has 0 aliphatic heterocycles. The Morgan fingerprint density at radius 1 is 1.24 bits per heavy atom. The second kappa shape index (κ2) is 5.95. The maximum absolute atomic E-state index is 12.8. The highest BCUT2D eigenvalue weighted by molar-refractivity contribution is 5.77. The summed E-state index contributed by atoms with van der Waals surface area (Å²) in [6.07, 6.45) is -3.79. The van der Waals surface area contributed by atoms with Gasteiger partial charge in [0.2, 0.25) is 5.88 Å². The Hall–Kier alpha value is -2.37. The summed E-state index contributed by atoms with van der Waals surface area (Å²) in [7, 11) is 0. The molecular weight excluding hydrogens is 283 g/mol. The standard InChI is InChI=1S/C15H12F3NO2/c1-10(20)9-21-14-13(11-5-3-2-4-6-11)7-12(8-19-14)15(16,17)18/h2-8H,9H2,1H3. The molecule has 21 heavy (non-hydrogen) atoms. The summed E-state index contributed by atoms with van der Waals surface area (Å²) >= 11 is 0. The fourth-order valence-corrected chi connectivity index (χ4v) is 1.72. The molecular formula is C15H12F3NO2. The Morgan fingerprint density at radius 2 is 1.90 bits per heavy atom. The number of nitrogens with zero attached hydrogens (tertiary/aromatic N) is 1. The number of ether oxygens (including phenoxy) is 1. The van der Waals surface area contributed by atoms with E-state index in [1.165, 1.54) is 6.92 Å². The topological polar surface area (TPSA) is 39.2 Å². The highest BCUT2D eigenvalue weighted by Gasteiger charge is 2.32. The molecule has 0 amide bonds. The molecule has 0 radical (unpaired) electrons. The molecule has 0 spiro atoms. The molecule has 3 nitrogen and oxygen atoms in total. The first kappa shape index (κ1) is 15.0. The molecule has 2 rings (SSSR count). The third kappa shape index (κ3) is 3.81. The number of carbonyl (C=O) groups excluding carboxylic acids is 1. The quantitative estimate of drug-likeness (QED) is 0.862. The summed E-state index contributed by atoms with van der Waals surface area (Å²) in [6.45, 7) is 1.09. The molecule has 1 heterocycles. The van der Waals surface area contributed by atoms with Crippen molar-refractivity contribution in [3.63, 3.8) is 0 Å². The third-order valence-corrected chi connectivity index (χ3v) is 2.68. The molecule has 0 unspecified atom stereocenters. The van der Waals surface area contributed by atoms with Crippen molar-refractivity contribution >= 4 is 5.78 Å². The Balaban J connectivity index is 2.48. The number of pyridine rings is 1. The van der Waals surface area contributed by atoms with Crippen LogP contribution in [-0.4, -0.2) is 17.4 Å². The molecule has 2 aromatic rings. The zero-order valence-electron chi connectivity index (χ0n) is 11.1. The van der Waals surface area contributed by atoms with E-state index in [-0.39, 0.29) is 23.8 Å². The molecule has 1 aromatic carbocycles. The van der Waals surface area contributed by atoms with Gasteiger partial charge in [0.25, 0.3) is 0 Å². The zero-order chi connectivity index (χ0) is 15.5. The maximum Gasteiger partial charge on any atom is 0.417 e. The lowest BCUT2D eigenvalue weighted by Gasteiger charge is -2.13. The predicted octanol–water partition coefficient (Wildman–Crippen LogP) is 3.74. The van der Waals surface area contributed by atoms with Gasteiger partial charge in [-0.05, 0) is 18.6 Å². The van der Waals surface area contributed by atoms with Crippen molar-refractivity contribution in [3.05, 3.63) is 48.2 Å². The highest BCUT2D eigenvalue weighted by Crippen LogP contribution is 2.35. The van der Waals surface area contributed by atoms with Crippen LogP contribution in [-0.2, 0) is 11.0 Å². The molecule has 0 fully saturated rings. The van der Waals surface area contributed by atoms with Gasteiger partial charge in [0.15, 0.2) is 5.78 Å². The van der Waals surface area contributed by atoms with E-state index in [4.69, 9.17) is 4.74 Å². The number of halogens is 3. The van der Waals surface area contributed by atoms with Crippen LogP contribution in [0, 0.1) is 0 Å². The summed E-state index contributed by atoms with van der Waals surface area (Å²) in [4.78, 5) is 14.7. The number of carbonyl (C=O) groups is 1. The Labute approximate surface area is 119 Å². The Morgan fingerprint density at radius 3 is 2.48 bits per heavy atom. The first-order chi connectivity index (χ1) is 9.88. The second-order valence-electron chi connectivity index (χ2n) is 4.43. The van der Waals surface area contributed by atoms with Crippen LogP contribution < -0.4 is 4.74 Å². The number of benzene rings is 1. The van der Waals surface area contributed by atoms with E-state index in [0.717, 1.165) is 6.07 Å². The molecule has 0 saturated heterocycles. The molecule has 0 aliphatic rings. The second-order valence-corrected chi connectivity index (χ2v) is 4.43. The van der Waals surface area contributed by atoms with Crippen molar-refractivity contribution in [3.8, 4) is 17.0 Å². The van der Waals surface area contributed by atoms with Gasteiger partial charge in [-0.25, -0.2) is 4.98 Å². The van der Waals surface area contributed by atoms with Crippen LogP contribution in [0.15, 0.2) is 42.6 Å². The van der Waals surface area contributed by atoms with Crippen LogP contribution in [0.5, 0.6) is 5.88 Å². The monoisotopic (exact) mass is 295 g/mol. The maximum atomic E-state index is 12.8. The van der Waals surface area contributed by atoms with E-state index in [2.05, 4.69) is 4.98 Å². The number of ketones is 1. The largest absolute Gasteiger partial charge is 0.469 e. The normalized spacial score (nSPS) is 11.2. The number of alkyl halides is 3. The molecule has 0 aliphatic carbocycles. The van der Waals surface area contributed by atoms with Gasteiger partial charge in [0, 0.05) is 11.8 Å². The first-order valence-corrected chi connectivity index (χ1v) is 6.13. The van der Waals surface area contributed by atoms with E-state index in [0.29, 0.717) is 11.8 Å². The van der Waals surface area contributed by atoms with Crippen molar-refractivity contribution in [2.24, 2.45) is 0 Å². The van der Waals surface area contributed by atoms with Gasteiger partial charge in [0.05, 0.1) is 5.56 Å². The summed E-state index contributed by atoms with van der Waals surface area (Å²) in [5.41, 5.74) is -0.127. The first-order valence-electron chi connectivity index (χ1n) is 6.13. The SMILES string of the molecule is CC(=O)COc1ncc(C(F)(F)F)cc1-c1ccccc1. The van der Waals surface area contributed by atoms with Crippen LogP contribution in [0.1, 0.15) is 12.5 Å². The van der Waals surface area contributed by atoms with Crippen molar-refractivity contribution in [2.45, 2.75) is 13.1 Å². The van der Waals surface area contributed by atoms with Crippen molar-refractivity contribution in [1.82, 2.24) is 4.98 Å². The third-order valence-electron chi connectivity index (χ3n) is 2.68. The zero-order valence-corrected chi connectivity index (χ0v) is 11.1. The van der Waals surface area contributed by atoms with Crippen LogP contribution >= 0.6 is 0 Å². The van der Waals surface area contributed by atoms with E-state index in [1.54, 1.807) is 30.3 Å². The Kier molecular flexibility index (Phi) is 4.26. The van der Waals surface area contributed by atoms with Crippen LogP contribution in [0.3, 0.4) is 0 Å². The Bertz CT molecular complexity index is 639. The summed E-state index contributed by atoms with van der Waals surface area (Å²) < 4.78 is 43.6. The molecule has 0 saturated carbocycles. The molecule has 6 heteroatoms. The smallest absolute Gasteiger partial charge is 0.417 e. The number of aromatic nitrogens is 1. The molecule has 0 bridgehead atoms. The lowest BCUT2D eigenvalue weighted by Crippen LogP contribution is -2.10. The molecule has 110 valence electrons. The minimum Gasteiger partial charge on any atom is -0.469 e. The predicted molar refractivity (Wildman–Crippen MR) is 70.9 cm³/mol. The van der Waals surface area contributed by atoms with E-state index in [9.17, 15) is 18.0 Å². The molecule has 0 N–H and O–H groups in total. The van der Waals surface area contributed by atoms with Crippen LogP contribution in [0.4, 0.5) is 13.2 Å². The molecule has 1 aromatic heterocycles. The van der Waals surface area contributed by atoms with E-state index in [1.807, 2.05) is 0 Å². The van der Waals surface area contributed by atoms with Gasteiger partial charge in [-0.2, -0.15) is 13.2 Å². The van der Waals surface area contributed by atoms with Crippen molar-refractivity contribution < 1.29 is 22.7 Å². The van der Waals surface area contributed by atoms with Gasteiger partial charge in [-0.15, -0.1) is 0 Å². The van der Waals surface area contributed by atoms with Crippen molar-refractivity contribution in [1.29, 1.82) is 0 Å². The van der Waals surface area contributed by atoms with E-state index >= 15 is 0 Å². The summed E-state index contributed by atoms with van der Waals surface area (Å²) in [5.74, 6) is -0.236. The number of hydrogen-bond donors (Lipinski definition) is 0. The fourth-order valence-electron chi connectivity index (χ4n) is 1.72. The van der Waals surface area contributed by atoms with Gasteiger partial charge >= 0.3 is 6.18 Å². The lowest BCUT2D eigenvalue weighted by molar-refractivity contribution is -0.137. The van der Waals surface area contributed by atoms with Gasteiger partial charge in [-0.1, -0.05) is 30.3 Å². The van der Waals surface area contributed by atoms with Crippen molar-refractivity contribution in [2.75, 3.05) is 6.61 Å². The average Bonchev–Trinajstić information content (AvgIpc) is 2.45. The number of Topliss-reactive ketones (excluding diaryl/α,β-unsaturated/α-hetero) is 1. The number of hydrogen-bond acceptors (Lipinski definition) is 3. The minimum absolute atomic E-state index is 0.00407. The van der Waals surface area contributed by atoms with E-state index < -0.39 is 11.7 Å². The van der Waals surface area contributed by atoms with Gasteiger partial charge in [-0.3, -0.25) is 4.79 Å².